The zero-order valence-corrected chi connectivity index (χ0v) is 46.3. The Morgan fingerprint density at radius 2 is 1.62 bits per heavy atom. The van der Waals surface area contributed by atoms with Crippen LogP contribution >= 0.6 is 15.9 Å². The van der Waals surface area contributed by atoms with Crippen LogP contribution in [-0.4, -0.2) is 102 Å². The van der Waals surface area contributed by atoms with Crippen LogP contribution in [0, 0.1) is 11.8 Å². The number of rotatable bonds is 23. The Bertz CT molecular complexity index is 2310. The molecule has 6 rings (SSSR count). The topological polar surface area (TPSA) is 120 Å². The molecule has 0 bridgehead atoms. The number of hydrogen-bond donors (Lipinski definition) is 1. The van der Waals surface area contributed by atoms with E-state index in [1.807, 2.05) is 41.4 Å². The molecule has 3 heterocycles. The predicted molar refractivity (Wildman–Crippen MR) is 288 cm³/mol. The third-order valence-corrected chi connectivity index (χ3v) is 19.6. The summed E-state index contributed by atoms with van der Waals surface area (Å²) in [5.41, 5.74) is 3.70. The number of hydrogen-bond acceptors (Lipinski definition) is 11. The first-order valence-electron chi connectivity index (χ1n) is 25.0. The zero-order chi connectivity index (χ0) is 51.2. The van der Waals surface area contributed by atoms with E-state index in [1.165, 1.54) is 10.4 Å². The second kappa shape index (κ2) is 26.3. The van der Waals surface area contributed by atoms with Crippen LogP contribution in [0.1, 0.15) is 91.3 Å². The van der Waals surface area contributed by atoms with Crippen molar-refractivity contribution in [3.8, 4) is 5.75 Å². The molecule has 71 heavy (non-hydrogen) atoms. The number of halogens is 1. The molecule has 2 saturated heterocycles. The molecule has 0 spiro atoms. The lowest BCUT2D eigenvalue weighted by Gasteiger charge is -2.49. The van der Waals surface area contributed by atoms with Crippen LogP contribution in [0.5, 0.6) is 5.75 Å². The summed E-state index contributed by atoms with van der Waals surface area (Å²) in [7, 11) is 3.70. The van der Waals surface area contributed by atoms with E-state index in [0.717, 1.165) is 28.9 Å². The Hall–Kier alpha value is -3.99. The fourth-order valence-corrected chi connectivity index (χ4v) is 15.3. The number of ether oxygens (including phenoxy) is 7. The molecule has 1 aromatic heterocycles. The highest BCUT2D eigenvalue weighted by Gasteiger charge is 2.54. The minimum Gasteiger partial charge on any atom is -0.497 e. The van der Waals surface area contributed by atoms with Crippen molar-refractivity contribution in [2.45, 2.75) is 141 Å². The van der Waals surface area contributed by atoms with Gasteiger partial charge in [0.05, 0.1) is 62.9 Å². The Kier molecular flexibility index (Phi) is 20.8. The first-order chi connectivity index (χ1) is 34.1. The monoisotopic (exact) mass is 1060 g/mol. The summed E-state index contributed by atoms with van der Waals surface area (Å²) in [4.78, 5) is 6.86. The SMILES string of the molecule is COc1ccc(CO[C@H]2[C@@H](C)[C@@H](CCO)O[C@@H](/C(C)=C/c3coc(C[C@]4(OC)C[C@H](OC)C[C@H]([C@@H](/C=C(C)/C=C/[C@@H](C/C=C/Br)OC)O[Si](c5ccccc5)(c5ccccc5)C(C)(C)C)O4)n3)[C@@H]2C)cc1. The molecular formula is C58H78BrNO10Si. The van der Waals surface area contributed by atoms with E-state index in [2.05, 4.69) is 143 Å². The molecular weight excluding hydrogens is 979 g/mol. The van der Waals surface area contributed by atoms with Gasteiger partial charge < -0.3 is 47.1 Å². The van der Waals surface area contributed by atoms with Crippen LogP contribution in [-0.2, 0) is 45.9 Å². The highest BCUT2D eigenvalue weighted by molar-refractivity contribution is 9.11. The van der Waals surface area contributed by atoms with Gasteiger partial charge in [0.1, 0.15) is 17.7 Å². The van der Waals surface area contributed by atoms with Crippen molar-refractivity contribution in [3.05, 3.63) is 149 Å². The number of aliphatic hydroxyl groups excluding tert-OH is 1. The number of aliphatic hydroxyl groups is 1. The van der Waals surface area contributed by atoms with E-state index in [4.69, 9.17) is 47.0 Å². The number of methoxy groups -OCH3 is 4. The number of nitrogens with zero attached hydrogens (tertiary/aromatic N) is 1. The van der Waals surface area contributed by atoms with Crippen LogP contribution in [0.3, 0.4) is 0 Å². The molecule has 386 valence electrons. The van der Waals surface area contributed by atoms with Gasteiger partial charge in [-0.1, -0.05) is 153 Å². The van der Waals surface area contributed by atoms with Crippen LogP contribution in [0.25, 0.3) is 6.08 Å². The lowest BCUT2D eigenvalue weighted by atomic mass is 9.79. The molecule has 0 saturated carbocycles. The van der Waals surface area contributed by atoms with Gasteiger partial charge in [-0.2, -0.15) is 0 Å². The highest BCUT2D eigenvalue weighted by Crippen LogP contribution is 2.42. The van der Waals surface area contributed by atoms with Gasteiger partial charge in [0.25, 0.3) is 8.32 Å². The lowest BCUT2D eigenvalue weighted by molar-refractivity contribution is -0.297. The smallest absolute Gasteiger partial charge is 0.262 e. The quantitative estimate of drug-likeness (QED) is 0.0565. The maximum Gasteiger partial charge on any atom is 0.262 e. The normalized spacial score (nSPS) is 25.7. The van der Waals surface area contributed by atoms with Crippen molar-refractivity contribution >= 4 is 40.7 Å². The van der Waals surface area contributed by atoms with Crippen LogP contribution < -0.4 is 15.1 Å². The van der Waals surface area contributed by atoms with Gasteiger partial charge in [-0.3, -0.25) is 0 Å². The van der Waals surface area contributed by atoms with Crippen LogP contribution in [0.2, 0.25) is 5.04 Å². The molecule has 0 radical (unpaired) electrons. The molecule has 2 aliphatic heterocycles. The van der Waals surface area contributed by atoms with Gasteiger partial charge in [-0.25, -0.2) is 4.98 Å². The van der Waals surface area contributed by atoms with Crippen molar-refractivity contribution in [2.24, 2.45) is 11.8 Å². The molecule has 3 aromatic carbocycles. The number of oxazole rings is 1. The minimum atomic E-state index is -3.11. The fourth-order valence-electron chi connectivity index (χ4n) is 10.4. The van der Waals surface area contributed by atoms with E-state index >= 15 is 0 Å². The van der Waals surface area contributed by atoms with E-state index in [9.17, 15) is 5.11 Å². The number of allylic oxidation sites excluding steroid dienone is 2. The Balaban J connectivity index is 1.31. The van der Waals surface area contributed by atoms with Crippen molar-refractivity contribution in [1.82, 2.24) is 4.98 Å². The number of benzene rings is 3. The average molecular weight is 1060 g/mol. The van der Waals surface area contributed by atoms with E-state index < -0.39 is 26.3 Å². The summed E-state index contributed by atoms with van der Waals surface area (Å²) in [6.45, 7) is 15.8. The summed E-state index contributed by atoms with van der Waals surface area (Å²) < 4.78 is 58.7. The summed E-state index contributed by atoms with van der Waals surface area (Å²) in [6, 6.07) is 29.3. The lowest BCUT2D eigenvalue weighted by Crippen LogP contribution is -2.69. The van der Waals surface area contributed by atoms with Gasteiger partial charge in [-0.05, 0) is 76.4 Å². The van der Waals surface area contributed by atoms with E-state index in [1.54, 1.807) is 34.7 Å². The van der Waals surface area contributed by atoms with Gasteiger partial charge in [0.2, 0.25) is 0 Å². The average Bonchev–Trinajstić information content (AvgIpc) is 3.81. The molecule has 2 fully saturated rings. The van der Waals surface area contributed by atoms with Gasteiger partial charge in [-0.15, -0.1) is 0 Å². The molecule has 11 nitrogen and oxygen atoms in total. The molecule has 0 unspecified atom stereocenters. The highest BCUT2D eigenvalue weighted by atomic mass is 79.9. The second-order valence-corrected chi connectivity index (χ2v) is 24.9. The second-order valence-electron chi connectivity index (χ2n) is 20.1. The van der Waals surface area contributed by atoms with Crippen molar-refractivity contribution in [2.75, 3.05) is 35.0 Å². The fraction of sp³-hybridized carbons (Fsp3) is 0.500. The zero-order valence-electron chi connectivity index (χ0n) is 43.7. The first kappa shape index (κ1) is 56.3. The van der Waals surface area contributed by atoms with Gasteiger partial charge in [0.15, 0.2) is 11.7 Å². The third-order valence-electron chi connectivity index (χ3n) is 14.2. The van der Waals surface area contributed by atoms with Gasteiger partial charge in [0, 0.05) is 52.6 Å². The molecule has 1 N–H and O–H groups in total. The van der Waals surface area contributed by atoms with Crippen LogP contribution in [0.15, 0.2) is 136 Å². The Morgan fingerprint density at radius 3 is 2.20 bits per heavy atom. The first-order valence-corrected chi connectivity index (χ1v) is 27.8. The summed E-state index contributed by atoms with van der Waals surface area (Å²) in [5.74, 6) is 0.187. The molecule has 2 aliphatic rings. The molecule has 4 aromatic rings. The summed E-state index contributed by atoms with van der Waals surface area (Å²) in [6.07, 6.45) is 12.6. The molecule has 13 heteroatoms. The maximum atomic E-state index is 10.0. The Morgan fingerprint density at radius 1 is 0.944 bits per heavy atom. The van der Waals surface area contributed by atoms with Crippen LogP contribution in [0.4, 0.5) is 0 Å². The van der Waals surface area contributed by atoms with Gasteiger partial charge >= 0.3 is 0 Å². The standard InChI is InChI=1S/C58H78BrNO10Si/c1-40(24-27-46(62-8)19-18-31-59)33-53(70-71(57(5,6)7,49-20-14-12-15-21-49)50-22-16-13-17-23-50)52-35-48(64-10)36-58(65-11,69-52)37-54-60-45(39-66-54)34-41(2)55-43(4)56(42(3)51(68-55)30-32-61)67-38-44-25-28-47(63-9)29-26-44/h12-18,20-29,31,33-34,39,42-43,46,48,51-53,55-56,61H,19,30,32,35-38H2,1-11H3/b27-24+,31-18+,40-33+,41-34+/t42-,43-,46+,48+,51+,52+,53+,55-,56-,58-/m0/s1. The van der Waals surface area contributed by atoms with Crippen molar-refractivity contribution < 1.29 is 47.1 Å². The van der Waals surface area contributed by atoms with E-state index in [-0.39, 0.29) is 60.4 Å². The predicted octanol–water partition coefficient (Wildman–Crippen LogP) is 10.9. The minimum absolute atomic E-state index is 0.0149. The van der Waals surface area contributed by atoms with E-state index in [0.29, 0.717) is 37.5 Å². The summed E-state index contributed by atoms with van der Waals surface area (Å²) in [5, 5.41) is 12.1. The summed E-state index contributed by atoms with van der Waals surface area (Å²) >= 11 is 3.39. The Labute approximate surface area is 432 Å². The molecule has 0 aliphatic carbocycles. The third kappa shape index (κ3) is 14.2. The largest absolute Gasteiger partial charge is 0.497 e. The molecule has 0 amide bonds. The maximum absolute atomic E-state index is 10.0. The van der Waals surface area contributed by atoms with Crippen molar-refractivity contribution in [3.63, 3.8) is 0 Å². The molecule has 10 atom stereocenters. The van der Waals surface area contributed by atoms with Crippen molar-refractivity contribution in [1.29, 1.82) is 0 Å². The number of aromatic nitrogens is 1.